The number of nitrogens with one attached hydrogen (secondary N) is 1. The van der Waals surface area contributed by atoms with E-state index >= 15 is 0 Å². The lowest BCUT2D eigenvalue weighted by Crippen LogP contribution is -2.25. The first-order valence-corrected chi connectivity index (χ1v) is 11.6. The van der Waals surface area contributed by atoms with Crippen molar-refractivity contribution in [3.63, 3.8) is 0 Å². The largest absolute Gasteiger partial charge is 0.497 e. The lowest BCUT2D eigenvalue weighted by atomic mass is 10.1. The molecule has 0 aliphatic carbocycles. The van der Waals surface area contributed by atoms with Crippen molar-refractivity contribution in [2.24, 2.45) is 15.3 Å². The van der Waals surface area contributed by atoms with Crippen molar-refractivity contribution in [1.82, 2.24) is 5.43 Å². The summed E-state index contributed by atoms with van der Waals surface area (Å²) < 4.78 is 5.18. The standard InChI is InChI=1S/C28H27N7O2/c1-21-20-24(35(18-6-16-29)19-7-17-30)12-15-26(21)27(32-31-23-10-13-25(37-2)14-11-23)33-34-28(36)22-8-4-3-5-9-22/h3-5,8-15,20H,6-7,18-19H2,1-2H3,(H,34,36)/b32-31?,33-27+. The number of aryl methyl sites for hydroxylation is 1. The molecule has 3 aromatic carbocycles. The Labute approximate surface area is 216 Å². The fourth-order valence-corrected chi connectivity index (χ4v) is 3.48. The fraction of sp³-hybridized carbons (Fsp3) is 0.214. The second-order valence-electron chi connectivity index (χ2n) is 7.94. The van der Waals surface area contributed by atoms with E-state index in [9.17, 15) is 4.79 Å². The number of hydrogen-bond acceptors (Lipinski definition) is 7. The molecular formula is C28H27N7O2. The molecule has 0 aromatic heterocycles. The Kier molecular flexibility index (Phi) is 9.89. The summed E-state index contributed by atoms with van der Waals surface area (Å²) in [5.74, 6) is 0.558. The maximum atomic E-state index is 12.6. The van der Waals surface area contributed by atoms with E-state index in [1.54, 1.807) is 55.6 Å². The summed E-state index contributed by atoms with van der Waals surface area (Å²) in [6.45, 7) is 2.94. The Hall–Kier alpha value is -5.02. The van der Waals surface area contributed by atoms with Gasteiger partial charge in [-0.3, -0.25) is 4.79 Å². The third-order valence-electron chi connectivity index (χ3n) is 5.44. The van der Waals surface area contributed by atoms with E-state index in [2.05, 4.69) is 32.9 Å². The highest BCUT2D eigenvalue weighted by Gasteiger charge is 2.13. The van der Waals surface area contributed by atoms with Gasteiger partial charge in [0.15, 0.2) is 0 Å². The zero-order chi connectivity index (χ0) is 26.5. The molecule has 0 spiro atoms. The first-order chi connectivity index (χ1) is 18.0. The Bertz CT molecular complexity index is 1320. The van der Waals surface area contributed by atoms with Gasteiger partial charge in [-0.2, -0.15) is 10.5 Å². The molecule has 0 fully saturated rings. The van der Waals surface area contributed by atoms with Gasteiger partial charge in [-0.1, -0.05) is 18.2 Å². The van der Waals surface area contributed by atoms with E-state index in [1.807, 2.05) is 36.1 Å². The Balaban J connectivity index is 1.93. The minimum absolute atomic E-state index is 0.227. The predicted octanol–water partition coefficient (Wildman–Crippen LogP) is 5.51. The molecule has 1 N–H and O–H groups in total. The molecule has 3 rings (SSSR count). The van der Waals surface area contributed by atoms with E-state index in [0.717, 1.165) is 11.3 Å². The van der Waals surface area contributed by atoms with Crippen LogP contribution < -0.4 is 15.1 Å². The summed E-state index contributed by atoms with van der Waals surface area (Å²) in [7, 11) is 1.59. The van der Waals surface area contributed by atoms with Crippen molar-refractivity contribution in [3.8, 4) is 17.9 Å². The number of amides is 1. The molecule has 9 nitrogen and oxygen atoms in total. The average molecular weight is 494 g/mol. The molecule has 0 heterocycles. The van der Waals surface area contributed by atoms with Gasteiger partial charge in [0.1, 0.15) is 5.75 Å². The van der Waals surface area contributed by atoms with Gasteiger partial charge in [-0.25, -0.2) is 5.43 Å². The van der Waals surface area contributed by atoms with Crippen LogP contribution in [0.25, 0.3) is 0 Å². The third kappa shape index (κ3) is 7.74. The smallest absolute Gasteiger partial charge is 0.271 e. The van der Waals surface area contributed by atoms with Crippen LogP contribution in [0.1, 0.15) is 34.3 Å². The molecule has 0 saturated carbocycles. The number of carbonyl (C=O) groups excluding carboxylic acids is 1. The Morgan fingerprint density at radius 1 is 0.973 bits per heavy atom. The minimum atomic E-state index is -0.369. The zero-order valence-electron chi connectivity index (χ0n) is 20.8. The van der Waals surface area contributed by atoms with Gasteiger partial charge in [0.25, 0.3) is 5.91 Å². The average Bonchev–Trinajstić information content (AvgIpc) is 2.94. The lowest BCUT2D eigenvalue weighted by molar-refractivity contribution is 0.0955. The molecule has 0 aliphatic rings. The van der Waals surface area contributed by atoms with Crippen molar-refractivity contribution in [2.45, 2.75) is 19.8 Å². The molecule has 3 aromatic rings. The van der Waals surface area contributed by atoms with Gasteiger partial charge >= 0.3 is 0 Å². The number of benzene rings is 3. The number of nitriles is 2. The maximum absolute atomic E-state index is 12.6. The van der Waals surface area contributed by atoms with Crippen LogP contribution in [0.2, 0.25) is 0 Å². The van der Waals surface area contributed by atoms with Crippen LogP contribution in [0.4, 0.5) is 11.4 Å². The van der Waals surface area contributed by atoms with Crippen LogP contribution in [0, 0.1) is 29.6 Å². The number of carbonyl (C=O) groups is 1. The molecule has 1 amide bonds. The molecule has 0 bridgehead atoms. The first-order valence-electron chi connectivity index (χ1n) is 11.6. The van der Waals surface area contributed by atoms with Gasteiger partial charge in [-0.15, -0.1) is 15.3 Å². The van der Waals surface area contributed by atoms with Gasteiger partial charge in [-0.05, 0) is 67.1 Å². The summed E-state index contributed by atoms with van der Waals surface area (Å²) in [6.07, 6.45) is 0.695. The number of anilines is 1. The van der Waals surface area contributed by atoms with Crippen molar-refractivity contribution in [2.75, 3.05) is 25.1 Å². The summed E-state index contributed by atoms with van der Waals surface area (Å²) in [5.41, 5.74) is 6.03. The van der Waals surface area contributed by atoms with Gasteiger partial charge in [0.05, 0.1) is 37.8 Å². The van der Waals surface area contributed by atoms with E-state index in [4.69, 9.17) is 15.3 Å². The van der Waals surface area contributed by atoms with Crippen LogP contribution in [-0.2, 0) is 0 Å². The number of rotatable bonds is 10. The topological polar surface area (TPSA) is 126 Å². The summed E-state index contributed by atoms with van der Waals surface area (Å²) in [5, 5.41) is 30.9. The number of amidine groups is 1. The highest BCUT2D eigenvalue weighted by molar-refractivity contribution is 6.02. The Morgan fingerprint density at radius 2 is 1.65 bits per heavy atom. The molecule has 9 heteroatoms. The molecular weight excluding hydrogens is 466 g/mol. The van der Waals surface area contributed by atoms with Crippen molar-refractivity contribution >= 4 is 23.1 Å². The monoisotopic (exact) mass is 493 g/mol. The van der Waals surface area contributed by atoms with E-state index in [-0.39, 0.29) is 11.7 Å². The van der Waals surface area contributed by atoms with Crippen LogP contribution in [-0.4, -0.2) is 31.9 Å². The van der Waals surface area contributed by atoms with Crippen LogP contribution >= 0.6 is 0 Å². The van der Waals surface area contributed by atoms with Gasteiger partial charge in [0.2, 0.25) is 5.84 Å². The second-order valence-corrected chi connectivity index (χ2v) is 7.94. The number of methoxy groups -OCH3 is 1. The predicted molar refractivity (Wildman–Crippen MR) is 142 cm³/mol. The second kappa shape index (κ2) is 13.8. The van der Waals surface area contributed by atoms with Crippen LogP contribution in [0.15, 0.2) is 88.1 Å². The highest BCUT2D eigenvalue weighted by atomic mass is 16.5. The van der Waals surface area contributed by atoms with E-state index < -0.39 is 0 Å². The summed E-state index contributed by atoms with van der Waals surface area (Å²) in [6, 6.07) is 25.8. The van der Waals surface area contributed by atoms with Crippen molar-refractivity contribution in [3.05, 3.63) is 89.5 Å². The van der Waals surface area contributed by atoms with Crippen molar-refractivity contribution in [1.29, 1.82) is 10.5 Å². The van der Waals surface area contributed by atoms with E-state index in [1.165, 1.54) is 0 Å². The normalized spacial score (nSPS) is 11.0. The number of hydrogen-bond donors (Lipinski definition) is 1. The molecule has 0 unspecified atom stereocenters. The Morgan fingerprint density at radius 3 is 2.24 bits per heavy atom. The molecule has 0 radical (unpaired) electrons. The molecule has 0 atom stereocenters. The third-order valence-corrected chi connectivity index (χ3v) is 5.44. The van der Waals surface area contributed by atoms with Crippen LogP contribution in [0.3, 0.4) is 0 Å². The fourth-order valence-electron chi connectivity index (χ4n) is 3.48. The SMILES string of the molecule is COc1ccc(N=N/C(=N/NC(=O)c2ccccc2)c2ccc(N(CCC#N)CCC#N)cc2C)cc1. The zero-order valence-corrected chi connectivity index (χ0v) is 20.8. The van der Waals surface area contributed by atoms with Gasteiger partial charge < -0.3 is 9.64 Å². The summed E-state index contributed by atoms with van der Waals surface area (Å²) in [4.78, 5) is 14.6. The highest BCUT2D eigenvalue weighted by Crippen LogP contribution is 2.23. The molecule has 186 valence electrons. The number of hydrazone groups is 1. The van der Waals surface area contributed by atoms with E-state index in [0.29, 0.717) is 48.5 Å². The summed E-state index contributed by atoms with van der Waals surface area (Å²) >= 11 is 0. The van der Waals surface area contributed by atoms with Gasteiger partial charge in [0, 0.05) is 29.9 Å². The minimum Gasteiger partial charge on any atom is -0.497 e. The first kappa shape index (κ1) is 26.6. The van der Waals surface area contributed by atoms with Crippen molar-refractivity contribution < 1.29 is 9.53 Å². The lowest BCUT2D eigenvalue weighted by Gasteiger charge is -2.23. The molecule has 0 saturated heterocycles. The maximum Gasteiger partial charge on any atom is 0.271 e. The molecule has 0 aliphatic heterocycles. The number of azo groups is 1. The quantitative estimate of drug-likeness (QED) is 0.172. The number of nitrogens with zero attached hydrogens (tertiary/aromatic N) is 6. The number of ether oxygens (including phenoxy) is 1. The van der Waals surface area contributed by atoms with Crippen LogP contribution in [0.5, 0.6) is 5.75 Å². The molecule has 37 heavy (non-hydrogen) atoms.